The first-order valence-corrected chi connectivity index (χ1v) is 8.24. The van der Waals surface area contributed by atoms with Gasteiger partial charge in [-0.2, -0.15) is 0 Å². The van der Waals surface area contributed by atoms with E-state index in [0.717, 1.165) is 26.0 Å². The average Bonchev–Trinajstić information content (AvgIpc) is 2.79. The van der Waals surface area contributed by atoms with Gasteiger partial charge >= 0.3 is 0 Å². The van der Waals surface area contributed by atoms with Crippen LogP contribution in [0.4, 0.5) is 11.4 Å². The molecule has 0 saturated heterocycles. The number of nitro groups is 2. The monoisotopic (exact) mass is 388 g/mol. The van der Waals surface area contributed by atoms with Gasteiger partial charge in [-0.1, -0.05) is 18.7 Å². The zero-order chi connectivity index (χ0) is 15.6. The maximum Gasteiger partial charge on any atom is 0.290 e. The molecule has 0 radical (unpaired) electrons. The number of nitrogens with zero attached hydrogens (tertiary/aromatic N) is 2. The van der Waals surface area contributed by atoms with Crippen LogP contribution < -0.4 is 0 Å². The Morgan fingerprint density at radius 2 is 1.95 bits per heavy atom. The molecule has 0 spiro atoms. The minimum Gasteiger partial charge on any atom is -0.258 e. The topological polar surface area (TPSA) is 86.3 Å². The first-order valence-electron chi connectivity index (χ1n) is 5.81. The van der Waals surface area contributed by atoms with Crippen LogP contribution in [0.25, 0.3) is 0 Å². The third kappa shape index (κ3) is 3.60. The Morgan fingerprint density at radius 3 is 2.48 bits per heavy atom. The lowest BCUT2D eigenvalue weighted by atomic mass is 10.3. The number of hydrogen-bond donors (Lipinski definition) is 0. The third-order valence-corrected chi connectivity index (χ3v) is 6.30. The van der Waals surface area contributed by atoms with E-state index < -0.39 is 9.85 Å². The molecule has 0 unspecified atom stereocenters. The Bertz CT molecular complexity index is 717. The van der Waals surface area contributed by atoms with Crippen LogP contribution in [0.1, 0.15) is 11.8 Å². The molecule has 2 rings (SSSR count). The molecule has 0 aliphatic rings. The van der Waals surface area contributed by atoms with Gasteiger partial charge in [-0.05, 0) is 34.5 Å². The molecular weight excluding hydrogens is 380 g/mol. The normalized spacial score (nSPS) is 10.6. The van der Waals surface area contributed by atoms with Gasteiger partial charge in [-0.15, -0.1) is 11.3 Å². The highest BCUT2D eigenvalue weighted by Crippen LogP contribution is 2.43. The highest BCUT2D eigenvalue weighted by atomic mass is 79.9. The van der Waals surface area contributed by atoms with Crippen molar-refractivity contribution in [3.8, 4) is 0 Å². The van der Waals surface area contributed by atoms with E-state index in [-0.39, 0.29) is 11.4 Å². The van der Waals surface area contributed by atoms with Crippen molar-refractivity contribution in [2.24, 2.45) is 0 Å². The van der Waals surface area contributed by atoms with Crippen LogP contribution in [0.15, 0.2) is 37.8 Å². The number of nitro benzene ring substituents is 2. The Balaban J connectivity index is 2.41. The van der Waals surface area contributed by atoms with E-state index in [9.17, 15) is 20.2 Å². The minimum atomic E-state index is -0.641. The molecule has 0 N–H and O–H groups in total. The molecule has 2 aromatic rings. The maximum absolute atomic E-state index is 11.1. The smallest absolute Gasteiger partial charge is 0.258 e. The molecule has 0 amide bonds. The molecule has 0 fully saturated rings. The van der Waals surface area contributed by atoms with Gasteiger partial charge in [0, 0.05) is 15.4 Å². The highest BCUT2D eigenvalue weighted by Gasteiger charge is 2.21. The van der Waals surface area contributed by atoms with Crippen LogP contribution in [0, 0.1) is 20.2 Å². The fourth-order valence-electron chi connectivity index (χ4n) is 1.59. The van der Waals surface area contributed by atoms with Crippen molar-refractivity contribution in [2.45, 2.75) is 22.4 Å². The number of thiophene rings is 1. The van der Waals surface area contributed by atoms with Crippen LogP contribution in [-0.2, 0) is 6.42 Å². The van der Waals surface area contributed by atoms with Crippen molar-refractivity contribution in [2.75, 3.05) is 0 Å². The summed E-state index contributed by atoms with van der Waals surface area (Å²) >= 11 is 6.20. The van der Waals surface area contributed by atoms with Crippen LogP contribution in [0.2, 0.25) is 0 Å². The van der Waals surface area contributed by atoms with E-state index in [1.807, 2.05) is 13.0 Å². The second-order valence-corrected chi connectivity index (χ2v) is 7.27. The molecule has 1 heterocycles. The SMILES string of the molecule is CCc1cc(Br)c(Sc2ccc([N+](=O)[O-])cc2[N+](=O)[O-])s1. The summed E-state index contributed by atoms with van der Waals surface area (Å²) in [4.78, 5) is 22.1. The highest BCUT2D eigenvalue weighted by molar-refractivity contribution is 9.10. The summed E-state index contributed by atoms with van der Waals surface area (Å²) in [7, 11) is 0. The molecule has 0 atom stereocenters. The van der Waals surface area contributed by atoms with E-state index in [1.165, 1.54) is 23.9 Å². The van der Waals surface area contributed by atoms with E-state index in [0.29, 0.717) is 4.90 Å². The van der Waals surface area contributed by atoms with Crippen LogP contribution in [0.3, 0.4) is 0 Å². The van der Waals surface area contributed by atoms with Crippen molar-refractivity contribution in [1.82, 2.24) is 0 Å². The third-order valence-electron chi connectivity index (χ3n) is 2.61. The molecular formula is C12H9BrN2O4S2. The van der Waals surface area contributed by atoms with E-state index in [2.05, 4.69) is 15.9 Å². The van der Waals surface area contributed by atoms with Gasteiger partial charge in [0.1, 0.15) is 0 Å². The molecule has 0 aliphatic heterocycles. The van der Waals surface area contributed by atoms with Gasteiger partial charge in [-0.25, -0.2) is 0 Å². The number of hydrogen-bond acceptors (Lipinski definition) is 6. The standard InChI is InChI=1S/C12H9BrN2O4S2/c1-2-8-6-9(13)12(20-8)21-11-4-3-7(14(16)17)5-10(11)15(18)19/h3-6H,2H2,1H3. The Labute approximate surface area is 136 Å². The number of halogens is 1. The molecule has 1 aromatic heterocycles. The van der Waals surface area contributed by atoms with Gasteiger partial charge in [0.25, 0.3) is 11.4 Å². The van der Waals surface area contributed by atoms with Crippen molar-refractivity contribution >= 4 is 50.4 Å². The predicted octanol–water partition coefficient (Wildman–Crippen LogP) is 5.04. The van der Waals surface area contributed by atoms with Crippen LogP contribution in [-0.4, -0.2) is 9.85 Å². The van der Waals surface area contributed by atoms with Crippen molar-refractivity contribution < 1.29 is 9.85 Å². The number of rotatable bonds is 5. The summed E-state index contributed by atoms with van der Waals surface area (Å²) in [6.07, 6.45) is 0.881. The van der Waals surface area contributed by atoms with Gasteiger partial charge in [0.2, 0.25) is 0 Å². The minimum absolute atomic E-state index is 0.257. The Kier molecular flexibility index (Phi) is 4.96. The van der Waals surface area contributed by atoms with E-state index in [4.69, 9.17) is 0 Å². The summed E-state index contributed by atoms with van der Waals surface area (Å²) < 4.78 is 1.77. The number of benzene rings is 1. The van der Waals surface area contributed by atoms with Gasteiger partial charge in [-0.3, -0.25) is 20.2 Å². The van der Waals surface area contributed by atoms with Crippen LogP contribution >= 0.6 is 39.0 Å². The summed E-state index contributed by atoms with van der Waals surface area (Å²) in [5.74, 6) is 0. The number of non-ortho nitro benzene ring substituents is 1. The summed E-state index contributed by atoms with van der Waals surface area (Å²) in [5.41, 5.74) is -0.543. The molecule has 1 aromatic carbocycles. The predicted molar refractivity (Wildman–Crippen MR) is 85.3 cm³/mol. The molecule has 110 valence electrons. The molecule has 0 bridgehead atoms. The summed E-state index contributed by atoms with van der Waals surface area (Å²) in [6.45, 7) is 2.03. The van der Waals surface area contributed by atoms with E-state index >= 15 is 0 Å². The van der Waals surface area contributed by atoms with Crippen molar-refractivity contribution in [3.05, 3.63) is 53.8 Å². The fraction of sp³-hybridized carbons (Fsp3) is 0.167. The Morgan fingerprint density at radius 1 is 1.24 bits per heavy atom. The zero-order valence-electron chi connectivity index (χ0n) is 10.7. The van der Waals surface area contributed by atoms with Crippen LogP contribution in [0.5, 0.6) is 0 Å². The maximum atomic E-state index is 11.1. The van der Waals surface area contributed by atoms with Gasteiger partial charge in [0.15, 0.2) is 0 Å². The second-order valence-electron chi connectivity index (χ2n) is 3.97. The fourth-order valence-corrected chi connectivity index (χ4v) is 4.71. The number of aryl methyl sites for hydroxylation is 1. The first kappa shape index (κ1) is 15.9. The second kappa shape index (κ2) is 6.54. The lowest BCUT2D eigenvalue weighted by molar-refractivity contribution is -0.396. The average molecular weight is 389 g/mol. The summed E-state index contributed by atoms with van der Waals surface area (Å²) in [5, 5.41) is 21.8. The molecule has 0 aliphatic carbocycles. The molecule has 21 heavy (non-hydrogen) atoms. The Hall–Kier alpha value is -1.45. The molecule has 0 saturated carbocycles. The first-order chi connectivity index (χ1) is 9.92. The van der Waals surface area contributed by atoms with Crippen molar-refractivity contribution in [3.63, 3.8) is 0 Å². The molecule has 6 nitrogen and oxygen atoms in total. The quantitative estimate of drug-likeness (QED) is 0.528. The summed E-state index contributed by atoms with van der Waals surface area (Å²) in [6, 6.07) is 5.66. The largest absolute Gasteiger partial charge is 0.290 e. The van der Waals surface area contributed by atoms with E-state index in [1.54, 1.807) is 11.3 Å². The zero-order valence-corrected chi connectivity index (χ0v) is 14.0. The van der Waals surface area contributed by atoms with Gasteiger partial charge in [0.05, 0.1) is 25.0 Å². The lowest BCUT2D eigenvalue weighted by Gasteiger charge is -2.01. The van der Waals surface area contributed by atoms with Crippen molar-refractivity contribution in [1.29, 1.82) is 0 Å². The lowest BCUT2D eigenvalue weighted by Crippen LogP contribution is -1.94. The molecule has 9 heteroatoms. The van der Waals surface area contributed by atoms with Gasteiger partial charge < -0.3 is 0 Å².